The number of para-hydroxylation sites is 1. The number of benzene rings is 2. The zero-order valence-corrected chi connectivity index (χ0v) is 16.4. The zero-order chi connectivity index (χ0) is 21.1. The summed E-state index contributed by atoms with van der Waals surface area (Å²) in [7, 11) is 1.29. The Labute approximate surface area is 171 Å². The molecule has 0 spiro atoms. The van der Waals surface area contributed by atoms with E-state index in [-0.39, 0.29) is 17.5 Å². The molecule has 4 aromatic rings. The Hall–Kier alpha value is -3.87. The minimum absolute atomic E-state index is 0.124. The summed E-state index contributed by atoms with van der Waals surface area (Å²) in [5.41, 5.74) is 2.33. The Morgan fingerprint density at radius 3 is 2.47 bits per heavy atom. The van der Waals surface area contributed by atoms with E-state index < -0.39 is 11.9 Å². The zero-order valence-electron chi connectivity index (χ0n) is 16.4. The summed E-state index contributed by atoms with van der Waals surface area (Å²) in [6.07, 6.45) is 0.332. The number of rotatable bonds is 6. The Bertz CT molecular complexity index is 1300. The summed E-state index contributed by atoms with van der Waals surface area (Å²) in [6.45, 7) is 0. The lowest BCUT2D eigenvalue weighted by molar-refractivity contribution is -0.140. The number of pyridine rings is 1. The number of esters is 1. The van der Waals surface area contributed by atoms with E-state index in [0.29, 0.717) is 28.8 Å². The molecule has 0 fully saturated rings. The fourth-order valence-electron chi connectivity index (χ4n) is 3.75. The van der Waals surface area contributed by atoms with Gasteiger partial charge in [0.1, 0.15) is 0 Å². The number of methoxy groups -OCH3 is 1. The first-order valence-electron chi connectivity index (χ1n) is 9.59. The van der Waals surface area contributed by atoms with E-state index >= 15 is 0 Å². The number of carbonyl (C=O) groups excluding carboxylic acids is 1. The van der Waals surface area contributed by atoms with Gasteiger partial charge in [-0.15, -0.1) is 0 Å². The van der Waals surface area contributed by atoms with E-state index in [9.17, 15) is 14.4 Å². The van der Waals surface area contributed by atoms with Crippen LogP contribution in [0.15, 0.2) is 70.3 Å². The second kappa shape index (κ2) is 8.24. The van der Waals surface area contributed by atoms with E-state index in [0.717, 1.165) is 10.9 Å². The lowest BCUT2D eigenvalue weighted by Crippen LogP contribution is -2.24. The molecule has 0 bridgehead atoms. The number of fused-ring (bicyclic) bond motifs is 1. The smallest absolute Gasteiger partial charge is 0.306 e. The van der Waals surface area contributed by atoms with Crippen LogP contribution in [0, 0.1) is 0 Å². The average molecular weight is 403 g/mol. The highest BCUT2D eigenvalue weighted by Crippen LogP contribution is 2.28. The molecule has 0 aliphatic heterocycles. The van der Waals surface area contributed by atoms with Crippen molar-refractivity contribution in [1.82, 2.24) is 15.2 Å². The number of hydrogen-bond acceptors (Lipinski definition) is 4. The number of ether oxygens (including phenoxy) is 1. The van der Waals surface area contributed by atoms with Gasteiger partial charge >= 0.3 is 5.97 Å². The first-order valence-corrected chi connectivity index (χ1v) is 9.59. The highest BCUT2D eigenvalue weighted by atomic mass is 16.5. The molecule has 2 heterocycles. The molecule has 30 heavy (non-hydrogen) atoms. The second-order valence-electron chi connectivity index (χ2n) is 7.11. The SMILES string of the molecule is COC(=O)C[C@H](c1cc2ccccc2[nH]c1=O)c1c(Cc2ccccc2)[nH][nH]c1=O. The summed E-state index contributed by atoms with van der Waals surface area (Å²) in [4.78, 5) is 40.7. The summed E-state index contributed by atoms with van der Waals surface area (Å²) < 4.78 is 4.85. The van der Waals surface area contributed by atoms with E-state index in [4.69, 9.17) is 4.74 Å². The van der Waals surface area contributed by atoms with Crippen LogP contribution in [-0.2, 0) is 16.0 Å². The molecule has 2 aromatic carbocycles. The van der Waals surface area contributed by atoms with Gasteiger partial charge in [-0.1, -0.05) is 48.5 Å². The Balaban J connectivity index is 1.86. The molecule has 0 saturated carbocycles. The van der Waals surface area contributed by atoms with Crippen LogP contribution in [0.25, 0.3) is 10.9 Å². The van der Waals surface area contributed by atoms with Gasteiger partial charge in [-0.3, -0.25) is 19.5 Å². The summed E-state index contributed by atoms with van der Waals surface area (Å²) in [5.74, 6) is -1.25. The monoisotopic (exact) mass is 403 g/mol. The van der Waals surface area contributed by atoms with Crippen molar-refractivity contribution in [3.8, 4) is 0 Å². The lowest BCUT2D eigenvalue weighted by atomic mass is 9.87. The number of aromatic amines is 3. The summed E-state index contributed by atoms with van der Waals surface area (Å²) >= 11 is 0. The van der Waals surface area contributed by atoms with Crippen LogP contribution in [0.2, 0.25) is 0 Å². The van der Waals surface area contributed by atoms with Crippen molar-refractivity contribution in [3.05, 3.63) is 104 Å². The average Bonchev–Trinajstić information content (AvgIpc) is 3.12. The Morgan fingerprint density at radius 2 is 1.70 bits per heavy atom. The minimum atomic E-state index is -0.750. The molecule has 3 N–H and O–H groups in total. The van der Waals surface area contributed by atoms with Crippen LogP contribution >= 0.6 is 0 Å². The molecule has 0 unspecified atom stereocenters. The Morgan fingerprint density at radius 1 is 0.967 bits per heavy atom. The van der Waals surface area contributed by atoms with Gasteiger partial charge in [0.25, 0.3) is 11.1 Å². The van der Waals surface area contributed by atoms with Crippen molar-refractivity contribution in [3.63, 3.8) is 0 Å². The van der Waals surface area contributed by atoms with Crippen molar-refractivity contribution in [2.45, 2.75) is 18.8 Å². The number of hydrogen-bond donors (Lipinski definition) is 3. The van der Waals surface area contributed by atoms with Gasteiger partial charge in [0.15, 0.2) is 0 Å². The molecule has 0 radical (unpaired) electrons. The fraction of sp³-hybridized carbons (Fsp3) is 0.174. The number of H-pyrrole nitrogens is 3. The quantitative estimate of drug-likeness (QED) is 0.430. The number of nitrogens with one attached hydrogen (secondary N) is 3. The van der Waals surface area contributed by atoms with Gasteiger partial charge in [-0.2, -0.15) is 0 Å². The normalized spacial score (nSPS) is 12.0. The predicted octanol–water partition coefficient (Wildman–Crippen LogP) is 2.83. The number of carbonyl (C=O) groups is 1. The maximum atomic E-state index is 12.9. The topological polar surface area (TPSA) is 108 Å². The maximum absolute atomic E-state index is 12.9. The minimum Gasteiger partial charge on any atom is -0.469 e. The molecule has 7 nitrogen and oxygen atoms in total. The highest BCUT2D eigenvalue weighted by molar-refractivity contribution is 5.79. The van der Waals surface area contributed by atoms with Crippen molar-refractivity contribution in [1.29, 1.82) is 0 Å². The molecule has 0 aliphatic carbocycles. The van der Waals surface area contributed by atoms with Crippen molar-refractivity contribution < 1.29 is 9.53 Å². The molecular weight excluding hydrogens is 382 g/mol. The first-order chi connectivity index (χ1) is 14.6. The third-order valence-electron chi connectivity index (χ3n) is 5.22. The van der Waals surface area contributed by atoms with Gasteiger partial charge in [0.05, 0.1) is 13.5 Å². The molecule has 1 atom stereocenters. The number of aromatic nitrogens is 3. The van der Waals surface area contributed by atoms with Gasteiger partial charge in [-0.25, -0.2) is 0 Å². The molecule has 2 aromatic heterocycles. The largest absolute Gasteiger partial charge is 0.469 e. The molecule has 0 saturated heterocycles. The summed E-state index contributed by atoms with van der Waals surface area (Å²) in [6, 6.07) is 18.8. The van der Waals surface area contributed by atoms with Crippen LogP contribution in [-0.4, -0.2) is 28.3 Å². The molecule has 0 aliphatic rings. The third-order valence-corrected chi connectivity index (χ3v) is 5.22. The van der Waals surface area contributed by atoms with Crippen LogP contribution in [0.5, 0.6) is 0 Å². The van der Waals surface area contributed by atoms with E-state index in [1.54, 1.807) is 12.1 Å². The van der Waals surface area contributed by atoms with Gasteiger partial charge in [0.2, 0.25) is 0 Å². The van der Waals surface area contributed by atoms with Crippen LogP contribution in [0.1, 0.15) is 34.7 Å². The molecule has 4 rings (SSSR count). The van der Waals surface area contributed by atoms with Gasteiger partial charge in [0, 0.05) is 34.7 Å². The van der Waals surface area contributed by atoms with Crippen LogP contribution in [0.4, 0.5) is 0 Å². The highest BCUT2D eigenvalue weighted by Gasteiger charge is 2.28. The fourth-order valence-corrected chi connectivity index (χ4v) is 3.75. The lowest BCUT2D eigenvalue weighted by Gasteiger charge is -2.16. The van der Waals surface area contributed by atoms with Crippen LogP contribution in [0.3, 0.4) is 0 Å². The van der Waals surface area contributed by atoms with Crippen molar-refractivity contribution in [2.24, 2.45) is 0 Å². The molecule has 0 amide bonds. The second-order valence-corrected chi connectivity index (χ2v) is 7.11. The summed E-state index contributed by atoms with van der Waals surface area (Å²) in [5, 5.41) is 6.35. The standard InChI is InChI=1S/C23H21N3O4/c1-30-20(27)13-16(17-12-15-9-5-6-10-18(15)24-22(17)28)21-19(25-26-23(21)29)11-14-7-3-2-4-8-14/h2-10,12,16H,11,13H2,1H3,(H,24,28)(H2,25,26,29)/t16-/m1/s1. The van der Waals surface area contributed by atoms with E-state index in [1.165, 1.54) is 7.11 Å². The molecule has 7 heteroatoms. The third kappa shape index (κ3) is 3.82. The van der Waals surface area contributed by atoms with Crippen molar-refractivity contribution in [2.75, 3.05) is 7.11 Å². The van der Waals surface area contributed by atoms with Crippen molar-refractivity contribution >= 4 is 16.9 Å². The maximum Gasteiger partial charge on any atom is 0.306 e. The predicted molar refractivity (Wildman–Crippen MR) is 114 cm³/mol. The van der Waals surface area contributed by atoms with Crippen LogP contribution < -0.4 is 11.1 Å². The van der Waals surface area contributed by atoms with Gasteiger partial charge in [-0.05, 0) is 23.1 Å². The first kappa shape index (κ1) is 19.4. The Kier molecular flexibility index (Phi) is 5.34. The van der Waals surface area contributed by atoms with E-state index in [2.05, 4.69) is 15.2 Å². The molecule has 152 valence electrons. The van der Waals surface area contributed by atoms with Gasteiger partial charge < -0.3 is 14.8 Å². The van der Waals surface area contributed by atoms with E-state index in [1.807, 2.05) is 48.5 Å². The molecular formula is C23H21N3O4.